The summed E-state index contributed by atoms with van der Waals surface area (Å²) in [4.78, 5) is 209. The largest absolute Gasteiger partial charge is 0.472 e. The summed E-state index contributed by atoms with van der Waals surface area (Å²) in [6, 6.07) is 2.08. The molecule has 0 spiro atoms. The van der Waals surface area contributed by atoms with Crippen LogP contribution in [0.15, 0.2) is 99.0 Å². The zero-order chi connectivity index (χ0) is 108. The summed E-state index contributed by atoms with van der Waals surface area (Å²) < 4.78 is 215. The van der Waals surface area contributed by atoms with Gasteiger partial charge in [-0.05, 0) is 19.1 Å². The summed E-state index contributed by atoms with van der Waals surface area (Å²) in [6.45, 7) is -8.02. The van der Waals surface area contributed by atoms with Gasteiger partial charge in [0.1, 0.15) is 169 Å². The van der Waals surface area contributed by atoms with Crippen LogP contribution in [0.3, 0.4) is 0 Å². The van der Waals surface area contributed by atoms with Gasteiger partial charge in [-0.25, -0.2) is 96.2 Å². The number of phosphoric ester groups is 7. The van der Waals surface area contributed by atoms with Crippen molar-refractivity contribution in [3.05, 3.63) is 133 Å². The van der Waals surface area contributed by atoms with Crippen molar-refractivity contribution in [1.29, 1.82) is 0 Å². The van der Waals surface area contributed by atoms with E-state index in [4.69, 9.17) is 122 Å². The third kappa shape index (κ3) is 23.0. The van der Waals surface area contributed by atoms with Crippen LogP contribution in [0.1, 0.15) is 55.6 Å². The number of nitrogens with two attached hydrogens (primary N) is 6. The summed E-state index contributed by atoms with van der Waals surface area (Å²) in [5.74, 6) is -1.96. The van der Waals surface area contributed by atoms with E-state index in [-0.39, 0.29) is 68.7 Å². The predicted molar refractivity (Wildman–Crippen MR) is 480 cm³/mol. The molecule has 75 nitrogen and oxygen atoms in total. The van der Waals surface area contributed by atoms with E-state index in [0.717, 1.165) is 97.9 Å². The lowest BCUT2D eigenvalue weighted by atomic mass is 10.1. The predicted octanol–water partition coefficient (Wildman–Crippen LogP) is -8.17. The smallest absolute Gasteiger partial charge is 0.390 e. The van der Waals surface area contributed by atoms with Crippen molar-refractivity contribution < 1.29 is 199 Å². The first-order chi connectivity index (χ1) is 70.7. The fraction of sp³-hybridized carbons (Fsp3) is 0.529. The highest BCUT2D eigenvalue weighted by molar-refractivity contribution is 7.49. The SMILES string of the molecule is Cc1cn([C@H]2C[C@H](O)[C@@H](COP(=O)(O)O[C@H]3[C@@H](O)[C@H](n4cnc5c(=O)[nH]c(N)nc54)O[C@@H]3COP(=O)(O)O[C@H]3[C@@H](O)[C@H](n4ccc(N)nc4=O)O[C@@H]3COP(=O)(O)O[C@H]3[C@@H](O)[C@H](n4cnc5c(N)ncnc54)O[C@@H]3COP(=O)(O)O[C@H]3[C@@H](O)[C@H](n4cnc5c(N)ncnc54)O[C@@H]3COP(=O)(O)O[C@H]3[C@@H](O)[C@H](n4cnc5c(N)ncnc54)O[C@@H]3COP(=O)(O)O[C@H]3[C@@H](O)[C@H](n4ccc(N)nc4=O)O[C@@H]3COP(=O)(O)O)O2)c(=O)[nH]c1=O. The van der Waals surface area contributed by atoms with Crippen molar-refractivity contribution in [3.8, 4) is 0 Å². The molecule has 0 aromatic carbocycles. The van der Waals surface area contributed by atoms with Crippen LogP contribution in [0.4, 0.5) is 35.0 Å². The molecule has 82 heteroatoms. The van der Waals surface area contributed by atoms with Crippen LogP contribution >= 0.6 is 54.8 Å². The Labute approximate surface area is 829 Å². The molecule has 29 N–H and O–H groups in total. The fourth-order valence-electron chi connectivity index (χ4n) is 16.9. The second-order valence-corrected chi connectivity index (χ2v) is 43.3. The average Bonchev–Trinajstić information content (AvgIpc) is 1.69. The Morgan fingerprint density at radius 2 is 0.633 bits per heavy atom. The Bertz CT molecular complexity index is 7610. The molecule has 18 heterocycles. The number of phosphoric acid groups is 7. The third-order valence-corrected chi connectivity index (χ3v) is 30.2. The maximum absolute atomic E-state index is 14.8. The average molecular weight is 2270 g/mol. The lowest BCUT2D eigenvalue weighted by Crippen LogP contribution is -2.39. The normalized spacial score (nSPS) is 31.7. The molecule has 0 aliphatic carbocycles. The first-order valence-corrected chi connectivity index (χ1v) is 53.7. The number of ether oxygens (including phenoxy) is 7. The number of nitrogens with one attached hydrogen (secondary N) is 2. The molecule has 150 heavy (non-hydrogen) atoms. The van der Waals surface area contributed by atoms with Crippen molar-refractivity contribution in [3.63, 3.8) is 0 Å². The van der Waals surface area contributed by atoms with Crippen molar-refractivity contribution in [2.45, 2.75) is 179 Å². The maximum Gasteiger partial charge on any atom is 0.472 e. The Kier molecular flexibility index (Phi) is 30.9. The van der Waals surface area contributed by atoms with E-state index in [2.05, 4.69) is 79.3 Å². The molecule has 11 aromatic heterocycles. The highest BCUT2D eigenvalue weighted by Gasteiger charge is 2.60. The summed E-state index contributed by atoms with van der Waals surface area (Å²) in [7, 11) is -41.0. The molecule has 18 rings (SSSR count). The topological polar surface area (TPSA) is 1080 Å². The van der Waals surface area contributed by atoms with Gasteiger partial charge in [-0.1, -0.05) is 0 Å². The van der Waals surface area contributed by atoms with Gasteiger partial charge in [0.2, 0.25) is 5.95 Å². The minimum absolute atomic E-state index is 0.0597. The van der Waals surface area contributed by atoms with Gasteiger partial charge in [0, 0.05) is 30.6 Å². The van der Waals surface area contributed by atoms with Crippen LogP contribution in [0.2, 0.25) is 0 Å². The number of aromatic nitrogens is 22. The van der Waals surface area contributed by atoms with E-state index in [0.29, 0.717) is 9.13 Å². The summed E-state index contributed by atoms with van der Waals surface area (Å²) >= 11 is 0. The Hall–Kier alpha value is -10.5. The third-order valence-electron chi connectivity index (χ3n) is 23.8. The number of H-pyrrole nitrogens is 2. The second kappa shape index (κ2) is 42.4. The molecule has 0 amide bonds. The van der Waals surface area contributed by atoms with Gasteiger partial charge in [-0.3, -0.25) is 110 Å². The van der Waals surface area contributed by atoms with Crippen LogP contribution in [0.25, 0.3) is 44.7 Å². The highest BCUT2D eigenvalue weighted by atomic mass is 31.2. The Morgan fingerprint density at radius 3 is 0.940 bits per heavy atom. The number of anilines is 6. The number of aryl methyl sites for hydroxylation is 1. The first-order valence-electron chi connectivity index (χ1n) is 43.2. The molecule has 33 atom stereocenters. The van der Waals surface area contributed by atoms with Gasteiger partial charge in [0.25, 0.3) is 11.1 Å². The van der Waals surface area contributed by atoms with Crippen LogP contribution < -0.4 is 62.6 Å². The van der Waals surface area contributed by atoms with Gasteiger partial charge in [-0.2, -0.15) is 15.0 Å². The number of aromatic amines is 2. The standard InChI is InChI=1S/C68H87N28O47P7/c1-22-7-92(68(108)89-57(22)104)33-6-23(97)24(131-33)8-125-145(112,113)140-49-30(137-64(43(49)103)96-21-84-37-56(96)87-65(74)88-58(37)105)14-130-147(116,117)139-45-26(133-60(39(45)99)91-5-3-32(70)86-67(91)107)10-126-148(118,119)141-46-28(135-61(40(46)100)93-18-81-34-50(71)75-15-78-53(34)93)12-128-150(122,123)143-48-29(136-63(42(48)102)95-20-83-36-52(73)77-17-80-55(36)95)13-129-149(120,121)142-47-27(134-62(41(47)101)94-19-82-35-51(72)76-16-79-54(35)94)11-127-146(114,115)138-44-25(9-124-144(109,110)111)132-59(38(44)98)90-4-2-31(69)85-66(90)106/h2-5,7,15-21,23-30,33,38-49,59-64,97-103H,6,8-14H2,1H3,(H,112,113)(H,114,115)(H,116,117)(H,118,119)(H,120,121)(H,122,123)(H2,69,85,106)(H2,70,86,107)(H2,71,75,78)(H2,72,76,79)(H2,73,77,80)(H,89,104,108)(H2,109,110,111)(H3,74,87,88,105)/t23-,24+,25+,26+,27+,28+,29+,30+,33+,38+,39+,40+,41+,42+,43+,44+,45+,46+,47+,48+,49+,59+,60+,61+,62+,63+,64+/m0/s1. The number of nitrogen functional groups attached to an aromatic ring is 6. The van der Waals surface area contributed by atoms with Gasteiger partial charge >= 0.3 is 71.8 Å². The summed E-state index contributed by atoms with van der Waals surface area (Å²) in [6.07, 6.45) is -47.5. The molecule has 0 radical (unpaired) electrons. The molecule has 0 bridgehead atoms. The van der Waals surface area contributed by atoms with Crippen molar-refractivity contribution in [2.24, 2.45) is 0 Å². The van der Waals surface area contributed by atoms with E-state index in [1.165, 1.54) is 6.92 Å². The van der Waals surface area contributed by atoms with E-state index < -0.39 is 318 Å². The molecule has 7 aliphatic rings. The van der Waals surface area contributed by atoms with Crippen LogP contribution in [0.5, 0.6) is 0 Å². The maximum atomic E-state index is 14.8. The van der Waals surface area contributed by atoms with E-state index in [1.54, 1.807) is 0 Å². The molecule has 7 aliphatic heterocycles. The molecule has 0 saturated carbocycles. The quantitative estimate of drug-likeness (QED) is 0.0159. The minimum Gasteiger partial charge on any atom is -0.390 e. The van der Waals surface area contributed by atoms with Crippen molar-refractivity contribution >= 4 is 134 Å². The van der Waals surface area contributed by atoms with Crippen LogP contribution in [-0.2, 0) is 124 Å². The number of aliphatic hydroxyl groups excluding tert-OH is 7. The zero-order valence-corrected chi connectivity index (χ0v) is 81.7. The number of rotatable bonds is 40. The number of fused-ring (bicyclic) bond motifs is 4. The second-order valence-electron chi connectivity index (χ2n) is 33.6. The number of aliphatic hydroxyl groups is 7. The highest BCUT2D eigenvalue weighted by Crippen LogP contribution is 2.59. The fourth-order valence-corrected chi connectivity index (χ4v) is 23.1. The molecule has 7 fully saturated rings. The minimum atomic E-state index is -6.08. The van der Waals surface area contributed by atoms with Crippen molar-refractivity contribution in [1.82, 2.24) is 107 Å². The molecular formula is C68H87N28O47P7. The zero-order valence-electron chi connectivity index (χ0n) is 75.5. The van der Waals surface area contributed by atoms with Gasteiger partial charge in [-0.15, -0.1) is 0 Å². The van der Waals surface area contributed by atoms with E-state index >= 15 is 0 Å². The molecule has 816 valence electrons. The lowest BCUT2D eigenvalue weighted by Gasteiger charge is -2.27. The Morgan fingerprint density at radius 1 is 0.347 bits per heavy atom. The Balaban J connectivity index is 0.580. The lowest BCUT2D eigenvalue weighted by molar-refractivity contribution is -0.0656. The number of imidazole rings is 4. The number of hydrogen-bond acceptors (Lipinski definition) is 58. The monoisotopic (exact) mass is 2260 g/mol. The van der Waals surface area contributed by atoms with E-state index in [9.17, 15) is 131 Å². The van der Waals surface area contributed by atoms with Crippen LogP contribution in [-0.4, -0.2) is 350 Å². The van der Waals surface area contributed by atoms with Gasteiger partial charge in [0.15, 0.2) is 82.9 Å². The molecule has 11 aromatic rings. The molecular weight excluding hydrogens is 2180 g/mol. The number of nitrogens with zero attached hydrogens (tertiary/aromatic N) is 20. The van der Waals surface area contributed by atoms with Gasteiger partial charge in [0.05, 0.1) is 77.7 Å². The first kappa shape index (κ1) is 109. The van der Waals surface area contributed by atoms with Crippen LogP contribution in [0, 0.1) is 6.92 Å². The molecule has 7 saturated heterocycles. The summed E-state index contributed by atoms with van der Waals surface area (Å²) in [5.41, 5.74) is 28.5. The van der Waals surface area contributed by atoms with E-state index in [1.807, 2.05) is 0 Å². The number of hydrogen-bond donors (Lipinski definition) is 23. The van der Waals surface area contributed by atoms with Crippen molar-refractivity contribution in [2.75, 3.05) is 80.7 Å². The van der Waals surface area contributed by atoms with Gasteiger partial charge < -0.3 is 142 Å². The summed E-state index contributed by atoms with van der Waals surface area (Å²) in [5, 5.41) is 83.1. The molecule has 6 unspecified atom stereocenters.